The second-order valence-corrected chi connectivity index (χ2v) is 5.43. The first-order chi connectivity index (χ1) is 7.23. The van der Waals surface area contributed by atoms with Gasteiger partial charge in [0.05, 0.1) is 6.61 Å². The van der Waals surface area contributed by atoms with E-state index in [0.29, 0.717) is 0 Å². The Hall–Kier alpha value is -1.17. The largest absolute Gasteiger partial charge is 0.461 e. The minimum atomic E-state index is -3.83. The second kappa shape index (κ2) is 5.79. The molecule has 0 N–H and O–H groups in total. The highest BCUT2D eigenvalue weighted by Gasteiger charge is 2.31. The number of hydrogen-bond donors (Lipinski definition) is 0. The van der Waals surface area contributed by atoms with Gasteiger partial charge in [-0.25, -0.2) is 17.5 Å². The fraction of sp³-hybridized carbons (Fsp3) is 0.667. The van der Waals surface area contributed by atoms with Crippen LogP contribution in [0.5, 0.6) is 0 Å². The molecule has 16 heavy (non-hydrogen) atoms. The minimum Gasteiger partial charge on any atom is -0.461 e. The van der Waals surface area contributed by atoms with Crippen LogP contribution in [-0.4, -0.2) is 63.9 Å². The predicted molar refractivity (Wildman–Crippen MR) is 59.9 cm³/mol. The fourth-order valence-corrected chi connectivity index (χ4v) is 1.72. The highest BCUT2D eigenvalue weighted by Crippen LogP contribution is 2.08. The summed E-state index contributed by atoms with van der Waals surface area (Å²) >= 11 is 0. The summed E-state index contributed by atoms with van der Waals surface area (Å²) in [5.74, 6) is 1.53. The van der Waals surface area contributed by atoms with Gasteiger partial charge < -0.3 is 4.74 Å². The van der Waals surface area contributed by atoms with Crippen molar-refractivity contribution in [2.75, 3.05) is 34.8 Å². The average Bonchev–Trinajstić information content (AvgIpc) is 2.13. The third kappa shape index (κ3) is 3.77. The standard InChI is InChI=1S/C9H17N2O4S/c1-6-15-9(12)8(7-10(2)3)16(13,14)11(4)5/h6H2,1-5H3/q+1. The van der Waals surface area contributed by atoms with Gasteiger partial charge in [-0.3, -0.25) is 0 Å². The van der Waals surface area contributed by atoms with Crippen LogP contribution in [0.3, 0.4) is 0 Å². The molecule has 0 fully saturated rings. The summed E-state index contributed by atoms with van der Waals surface area (Å²) in [4.78, 5) is 11.0. The Kier molecular flexibility index (Phi) is 5.37. The van der Waals surface area contributed by atoms with Crippen molar-refractivity contribution in [1.29, 1.82) is 0 Å². The third-order valence-electron chi connectivity index (χ3n) is 1.52. The molecule has 0 aliphatic heterocycles. The number of esters is 1. The van der Waals surface area contributed by atoms with Crippen molar-refractivity contribution in [3.05, 3.63) is 4.91 Å². The molecule has 0 aliphatic rings. The van der Waals surface area contributed by atoms with Crippen molar-refractivity contribution in [2.24, 2.45) is 0 Å². The molecule has 0 aromatic carbocycles. The summed E-state index contributed by atoms with van der Waals surface area (Å²) in [7, 11) is 1.99. The van der Waals surface area contributed by atoms with Crippen LogP contribution in [0.25, 0.3) is 0 Å². The van der Waals surface area contributed by atoms with Gasteiger partial charge in [0.2, 0.25) is 0 Å². The van der Waals surface area contributed by atoms with Gasteiger partial charge in [0, 0.05) is 14.1 Å². The Morgan fingerprint density at radius 2 is 1.88 bits per heavy atom. The van der Waals surface area contributed by atoms with Crippen molar-refractivity contribution in [3.63, 3.8) is 0 Å². The number of hydrogen-bond acceptors (Lipinski definition) is 4. The Labute approximate surface area is 95.9 Å². The van der Waals surface area contributed by atoms with Crippen LogP contribution in [0.2, 0.25) is 0 Å². The zero-order valence-electron chi connectivity index (χ0n) is 10.1. The molecule has 0 aromatic rings. The Bertz CT molecular complexity index is 426. The number of sulfonamides is 1. The zero-order chi connectivity index (χ0) is 12.9. The molecule has 0 spiro atoms. The van der Waals surface area contributed by atoms with Crippen LogP contribution >= 0.6 is 0 Å². The van der Waals surface area contributed by atoms with Crippen molar-refractivity contribution < 1.29 is 22.5 Å². The van der Waals surface area contributed by atoms with Crippen molar-refractivity contribution in [2.45, 2.75) is 6.92 Å². The van der Waals surface area contributed by atoms with Gasteiger partial charge in [0.25, 0.3) is 14.9 Å². The van der Waals surface area contributed by atoms with Gasteiger partial charge >= 0.3 is 5.97 Å². The van der Waals surface area contributed by atoms with E-state index in [1.165, 1.54) is 18.7 Å². The van der Waals surface area contributed by atoms with E-state index in [4.69, 9.17) is 0 Å². The number of nitrogens with zero attached hydrogens (tertiary/aromatic N) is 2. The zero-order valence-corrected chi connectivity index (χ0v) is 11.0. The van der Waals surface area contributed by atoms with Gasteiger partial charge in [-0.15, -0.1) is 0 Å². The van der Waals surface area contributed by atoms with Crippen LogP contribution < -0.4 is 0 Å². The van der Waals surface area contributed by atoms with E-state index < -0.39 is 20.9 Å². The molecule has 92 valence electrons. The van der Waals surface area contributed by atoms with Crippen LogP contribution in [0.4, 0.5) is 0 Å². The van der Waals surface area contributed by atoms with E-state index in [2.05, 4.69) is 10.6 Å². The Balaban J connectivity index is 5.67. The van der Waals surface area contributed by atoms with E-state index in [1.807, 2.05) is 0 Å². The summed E-state index contributed by atoms with van der Waals surface area (Å²) in [6.07, 6.45) is 0. The van der Waals surface area contributed by atoms with Gasteiger partial charge in [-0.1, -0.05) is 0 Å². The first kappa shape index (κ1) is 14.8. The molecule has 0 rings (SSSR count). The number of rotatable bonds is 4. The quantitative estimate of drug-likeness (QED) is 0.285. The van der Waals surface area contributed by atoms with E-state index >= 15 is 0 Å². The van der Waals surface area contributed by atoms with Crippen LogP contribution in [0.15, 0.2) is 4.91 Å². The normalized spacial score (nSPS) is 10.9. The number of carbonyl (C=O) groups is 1. The summed E-state index contributed by atoms with van der Waals surface area (Å²) in [5, 5.41) is 0. The molecule has 0 amide bonds. The molecule has 0 radical (unpaired) electrons. The molecular weight excluding hydrogens is 232 g/mol. The molecule has 7 heteroatoms. The lowest BCUT2D eigenvalue weighted by Crippen LogP contribution is -2.29. The minimum absolute atomic E-state index is 0.111. The summed E-state index contributed by atoms with van der Waals surface area (Å²) in [6, 6.07) is 0. The Morgan fingerprint density at radius 3 is 2.19 bits per heavy atom. The van der Waals surface area contributed by atoms with E-state index in [-0.39, 0.29) is 6.61 Å². The molecule has 0 aliphatic carbocycles. The summed E-state index contributed by atoms with van der Waals surface area (Å²) < 4.78 is 30.5. The molecule has 0 aromatic heterocycles. The first-order valence-corrected chi connectivity index (χ1v) is 6.08. The lowest BCUT2D eigenvalue weighted by Gasteiger charge is -2.10. The van der Waals surface area contributed by atoms with E-state index in [9.17, 15) is 13.2 Å². The van der Waals surface area contributed by atoms with E-state index in [0.717, 1.165) is 4.31 Å². The maximum atomic E-state index is 11.8. The molecule has 0 unspecified atom stereocenters. The van der Waals surface area contributed by atoms with Gasteiger partial charge in [-0.05, 0) is 6.92 Å². The molecule has 0 bridgehead atoms. The van der Waals surface area contributed by atoms with Crippen LogP contribution in [0, 0.1) is 0 Å². The van der Waals surface area contributed by atoms with Crippen molar-refractivity contribution in [3.8, 4) is 0 Å². The average molecular weight is 249 g/mol. The lowest BCUT2D eigenvalue weighted by molar-refractivity contribution is -0.456. The predicted octanol–water partition coefficient (Wildman–Crippen LogP) is -0.733. The second-order valence-electron chi connectivity index (χ2n) is 3.34. The smallest absolute Gasteiger partial charge is 0.365 e. The van der Waals surface area contributed by atoms with E-state index in [1.54, 1.807) is 21.0 Å². The Morgan fingerprint density at radius 1 is 1.38 bits per heavy atom. The lowest BCUT2D eigenvalue weighted by atomic mass is 10.6. The highest BCUT2D eigenvalue weighted by molar-refractivity contribution is 7.94. The highest BCUT2D eigenvalue weighted by atomic mass is 32.2. The third-order valence-corrected chi connectivity index (χ3v) is 3.26. The summed E-state index contributed by atoms with van der Waals surface area (Å²) in [6.45, 7) is 1.72. The molecule has 6 nitrogen and oxygen atoms in total. The topological polar surface area (TPSA) is 66.7 Å². The summed E-state index contributed by atoms with van der Waals surface area (Å²) in [5.41, 5.74) is 0. The van der Waals surface area contributed by atoms with Crippen molar-refractivity contribution >= 4 is 21.9 Å². The maximum Gasteiger partial charge on any atom is 0.365 e. The maximum absolute atomic E-state index is 11.8. The van der Waals surface area contributed by atoms with Crippen molar-refractivity contribution in [1.82, 2.24) is 4.31 Å². The molecular formula is C9H17N2O4S+. The monoisotopic (exact) mass is 249 g/mol. The number of ether oxygens (including phenoxy) is 1. The van der Waals surface area contributed by atoms with Crippen LogP contribution in [-0.2, 0) is 19.6 Å². The first-order valence-electron chi connectivity index (χ1n) is 4.64. The number of carbonyl (C=O) groups excluding carboxylic acids is 1. The van der Waals surface area contributed by atoms with Gasteiger partial charge in [0.1, 0.15) is 14.1 Å². The molecule has 0 saturated heterocycles. The van der Waals surface area contributed by atoms with Crippen LogP contribution in [0.1, 0.15) is 6.92 Å². The fourth-order valence-electron chi connectivity index (χ4n) is 0.791. The molecule has 0 heterocycles. The SMILES string of the molecule is CCOC(=O)C(=C=[N+](C)C)S(=O)(=O)N(C)C. The van der Waals surface area contributed by atoms with Gasteiger partial charge in [0.15, 0.2) is 5.87 Å². The molecule has 0 saturated carbocycles. The molecule has 0 atom stereocenters. The van der Waals surface area contributed by atoms with Gasteiger partial charge in [-0.2, -0.15) is 4.58 Å².